The predicted octanol–water partition coefficient (Wildman–Crippen LogP) is 4.52. The minimum absolute atomic E-state index is 0.00602. The number of nitriles is 1. The first-order chi connectivity index (χ1) is 20.4. The van der Waals surface area contributed by atoms with Crippen LogP contribution in [0.3, 0.4) is 0 Å². The molecule has 0 radical (unpaired) electrons. The summed E-state index contributed by atoms with van der Waals surface area (Å²) in [4.78, 5) is 30.5. The summed E-state index contributed by atoms with van der Waals surface area (Å²) in [6.07, 6.45) is 5.77. The summed E-state index contributed by atoms with van der Waals surface area (Å²) < 4.78 is 20.6. The van der Waals surface area contributed by atoms with Crippen LogP contribution in [0.1, 0.15) is 32.9 Å². The predicted molar refractivity (Wildman–Crippen MR) is 168 cm³/mol. The average Bonchev–Trinajstić information content (AvgIpc) is 3.34. The molecule has 0 bridgehead atoms. The number of carbonyl (C=O) groups is 1. The van der Waals surface area contributed by atoms with Crippen molar-refractivity contribution in [2.24, 2.45) is 7.05 Å². The molecule has 210 valence electrons. The Bertz CT molecular complexity index is 1910. The maximum Gasteiger partial charge on any atom is 0.274 e. The number of aryl methyl sites for hydroxylation is 1. The second-order valence-electron chi connectivity index (χ2n) is 9.73. The monoisotopic (exact) mass is 673 g/mol. The van der Waals surface area contributed by atoms with E-state index in [2.05, 4.69) is 58.7 Å². The number of amides is 1. The molecular formula is C30H25FIN9O. The lowest BCUT2D eigenvalue weighted by molar-refractivity contribution is 0.0946. The van der Waals surface area contributed by atoms with Crippen molar-refractivity contribution < 1.29 is 9.18 Å². The second kappa shape index (κ2) is 11.6. The Morgan fingerprint density at radius 1 is 1.17 bits per heavy atom. The molecule has 0 saturated carbocycles. The molecule has 5 aromatic rings. The fraction of sp³-hybridized carbons (Fsp3) is 0.167. The Balaban J connectivity index is 1.23. The van der Waals surface area contributed by atoms with Crippen molar-refractivity contribution >= 4 is 53.8 Å². The molecule has 1 aliphatic rings. The van der Waals surface area contributed by atoms with Gasteiger partial charge in [0.05, 0.1) is 11.6 Å². The second-order valence-corrected chi connectivity index (χ2v) is 11.7. The first-order valence-corrected chi connectivity index (χ1v) is 15.7. The van der Waals surface area contributed by atoms with Crippen LogP contribution in [-0.2, 0) is 26.6 Å². The van der Waals surface area contributed by atoms with Gasteiger partial charge >= 0.3 is 0 Å². The molecule has 0 fully saturated rings. The highest BCUT2D eigenvalue weighted by molar-refractivity contribution is 14.2. The smallest absolute Gasteiger partial charge is 0.274 e. The third kappa shape index (κ3) is 5.30. The standard InChI is InChI=1S/C30H25FIN9O/c1-32-24-6-4-18(10-23(24)31)13-37-30(42)26-28(36-14-20(11-33)40-26)35-12-17-3-5-21-19(9-17)7-8-34-27-25-22(21)15-41(2)29(25)39-16-38-27/h3-6,9-10,14-16H,1,7-8,12-13H2,2H3,(H,35,36)(H,37,42)(H,34,38,39). The molecule has 6 rings (SSSR count). The zero-order chi connectivity index (χ0) is 29.2. The molecule has 3 aromatic heterocycles. The highest BCUT2D eigenvalue weighted by Crippen LogP contribution is 2.37. The zero-order valence-electron chi connectivity index (χ0n) is 22.6. The van der Waals surface area contributed by atoms with Gasteiger partial charge in [0.1, 0.15) is 29.7 Å². The van der Waals surface area contributed by atoms with Crippen LogP contribution in [0.2, 0.25) is 0 Å². The maximum absolute atomic E-state index is 14.2. The molecule has 0 saturated heterocycles. The number of halogens is 2. The number of nitrogens with zero attached hydrogens (tertiary/aromatic N) is 6. The van der Waals surface area contributed by atoms with Gasteiger partial charge in [-0.05, 0) is 40.8 Å². The Hall–Kier alpha value is -4.77. The summed E-state index contributed by atoms with van der Waals surface area (Å²) in [7, 11) is 1.98. The van der Waals surface area contributed by atoms with Crippen molar-refractivity contribution in [3.8, 4) is 17.2 Å². The van der Waals surface area contributed by atoms with Gasteiger partial charge in [0, 0.05) is 42.0 Å². The lowest BCUT2D eigenvalue weighted by atomic mass is 9.94. The molecule has 0 spiro atoms. The van der Waals surface area contributed by atoms with Gasteiger partial charge in [0.25, 0.3) is 5.91 Å². The number of rotatable bonds is 7. The van der Waals surface area contributed by atoms with Crippen LogP contribution in [0.4, 0.5) is 16.0 Å². The van der Waals surface area contributed by atoms with Crippen LogP contribution in [0, 0.1) is 20.7 Å². The molecule has 0 unspecified atom stereocenters. The molecule has 3 N–H and O–H groups in total. The maximum atomic E-state index is 14.2. The largest absolute Gasteiger partial charge is 0.369 e. The van der Waals surface area contributed by atoms with Gasteiger partial charge in [0.15, 0.2) is 17.2 Å². The van der Waals surface area contributed by atoms with E-state index >= 15 is 0 Å². The Kier molecular flexibility index (Phi) is 7.58. The highest BCUT2D eigenvalue weighted by Gasteiger charge is 2.20. The molecule has 4 heterocycles. The fourth-order valence-corrected chi connectivity index (χ4v) is 5.99. The van der Waals surface area contributed by atoms with Gasteiger partial charge in [-0.25, -0.2) is 24.3 Å². The molecule has 42 heavy (non-hydrogen) atoms. The van der Waals surface area contributed by atoms with Gasteiger partial charge in [-0.1, -0.05) is 49.5 Å². The van der Waals surface area contributed by atoms with Crippen LogP contribution in [-0.4, -0.2) is 41.5 Å². The number of anilines is 2. The first kappa shape index (κ1) is 27.4. The Labute approximate surface area is 250 Å². The number of aromatic nitrogens is 5. The molecule has 2 aromatic carbocycles. The van der Waals surface area contributed by atoms with E-state index in [1.54, 1.807) is 18.5 Å². The number of benzene rings is 2. The molecule has 10 nitrogen and oxygen atoms in total. The van der Waals surface area contributed by atoms with Crippen molar-refractivity contribution in [3.05, 3.63) is 92.6 Å². The quantitative estimate of drug-likeness (QED) is 0.215. The van der Waals surface area contributed by atoms with Crippen molar-refractivity contribution in [1.82, 2.24) is 29.8 Å². The minimum atomic E-state index is -0.620. The van der Waals surface area contributed by atoms with Crippen molar-refractivity contribution in [1.29, 1.82) is 5.26 Å². The normalized spacial score (nSPS) is 12.0. The lowest BCUT2D eigenvalue weighted by Gasteiger charge is -2.17. The zero-order valence-corrected chi connectivity index (χ0v) is 24.7. The molecular weight excluding hydrogens is 648 g/mol. The number of fused-ring (bicyclic) bond motifs is 2. The minimum Gasteiger partial charge on any atom is -0.369 e. The van der Waals surface area contributed by atoms with E-state index in [1.807, 2.05) is 23.8 Å². The summed E-state index contributed by atoms with van der Waals surface area (Å²) >= 11 is -0.620. The lowest BCUT2D eigenvalue weighted by Crippen LogP contribution is -2.26. The van der Waals surface area contributed by atoms with Gasteiger partial charge in [0.2, 0.25) is 0 Å². The highest BCUT2D eigenvalue weighted by atomic mass is 127. The molecule has 0 aliphatic carbocycles. The number of nitrogens with one attached hydrogen (secondary N) is 3. The van der Waals surface area contributed by atoms with Gasteiger partial charge in [-0.15, -0.1) is 0 Å². The van der Waals surface area contributed by atoms with Crippen LogP contribution in [0.25, 0.3) is 22.2 Å². The number of hydrogen-bond acceptors (Lipinski definition) is 8. The van der Waals surface area contributed by atoms with Crippen LogP contribution in [0.15, 0.2) is 55.1 Å². The molecule has 1 amide bonds. The van der Waals surface area contributed by atoms with Gasteiger partial charge < -0.3 is 20.5 Å². The molecule has 12 heteroatoms. The van der Waals surface area contributed by atoms with E-state index in [0.29, 0.717) is 15.7 Å². The number of hydrogen-bond donors (Lipinski definition) is 3. The first-order valence-electron chi connectivity index (χ1n) is 13.1. The summed E-state index contributed by atoms with van der Waals surface area (Å²) in [6.45, 7) is 1.20. The van der Waals surface area contributed by atoms with E-state index < -0.39 is 26.6 Å². The summed E-state index contributed by atoms with van der Waals surface area (Å²) in [6, 6.07) is 13.1. The van der Waals surface area contributed by atoms with Crippen molar-refractivity contribution in [3.63, 3.8) is 0 Å². The third-order valence-electron chi connectivity index (χ3n) is 7.04. The van der Waals surface area contributed by atoms with Crippen molar-refractivity contribution in [2.75, 3.05) is 17.2 Å². The van der Waals surface area contributed by atoms with E-state index in [4.69, 9.17) is 0 Å². The average molecular weight is 673 g/mol. The van der Waals surface area contributed by atoms with Crippen molar-refractivity contribution in [2.45, 2.75) is 19.5 Å². The summed E-state index contributed by atoms with van der Waals surface area (Å²) in [5.41, 5.74) is 5.86. The van der Waals surface area contributed by atoms with E-state index in [9.17, 15) is 14.4 Å². The van der Waals surface area contributed by atoms with Crippen LogP contribution < -0.4 is 16.0 Å². The van der Waals surface area contributed by atoms with Crippen LogP contribution >= 0.6 is 20.7 Å². The SMILES string of the molecule is C=Ic1ccc(CNC(=O)c2nc(C#N)cnc2NCc2ccc3c(c2)CCNc2ncnc4c2c-3cn4C)cc1F. The molecule has 1 aliphatic heterocycles. The summed E-state index contributed by atoms with van der Waals surface area (Å²) in [5, 5.41) is 19.7. The van der Waals surface area contributed by atoms with E-state index in [0.717, 1.165) is 46.5 Å². The fourth-order valence-electron chi connectivity index (χ4n) is 5.03. The van der Waals surface area contributed by atoms with E-state index in [-0.39, 0.29) is 29.6 Å². The Morgan fingerprint density at radius 3 is 2.81 bits per heavy atom. The van der Waals surface area contributed by atoms with Gasteiger partial charge in [-0.2, -0.15) is 5.26 Å². The van der Waals surface area contributed by atoms with E-state index in [1.165, 1.54) is 17.8 Å². The third-order valence-corrected chi connectivity index (χ3v) is 8.74. The Morgan fingerprint density at radius 2 is 2.00 bits per heavy atom. The van der Waals surface area contributed by atoms with Crippen LogP contribution in [0.5, 0.6) is 0 Å². The topological polar surface area (TPSA) is 133 Å². The molecule has 0 atom stereocenters. The summed E-state index contributed by atoms with van der Waals surface area (Å²) in [5.74, 6) is 0.243. The number of carbonyl (C=O) groups excluding carboxylic acids is 1. The van der Waals surface area contributed by atoms with Gasteiger partial charge in [-0.3, -0.25) is 4.79 Å².